The number of ether oxygens (including phenoxy) is 3. The van der Waals surface area contributed by atoms with Gasteiger partial charge in [0, 0.05) is 10.6 Å². The van der Waals surface area contributed by atoms with Crippen molar-refractivity contribution in [3.8, 4) is 28.6 Å². The summed E-state index contributed by atoms with van der Waals surface area (Å²) >= 11 is 6.24. The van der Waals surface area contributed by atoms with Crippen molar-refractivity contribution in [3.63, 3.8) is 0 Å². The molecule has 1 heterocycles. The van der Waals surface area contributed by atoms with Crippen LogP contribution >= 0.6 is 11.6 Å². The Hall–Kier alpha value is -3.77. The van der Waals surface area contributed by atoms with Crippen LogP contribution in [0.25, 0.3) is 22.3 Å². The van der Waals surface area contributed by atoms with E-state index in [9.17, 15) is 9.59 Å². The normalized spacial score (nSPS) is 10.8. The number of halogens is 1. The maximum Gasteiger partial charge on any atom is 0.343 e. The molecule has 0 unspecified atom stereocenters. The summed E-state index contributed by atoms with van der Waals surface area (Å²) in [6.45, 7) is 3.77. The van der Waals surface area contributed by atoms with Gasteiger partial charge in [0.25, 0.3) is 0 Å². The fourth-order valence-corrected chi connectivity index (χ4v) is 3.56. The molecule has 4 rings (SSSR count). The van der Waals surface area contributed by atoms with Gasteiger partial charge < -0.3 is 18.6 Å². The molecule has 0 atom stereocenters. The smallest absolute Gasteiger partial charge is 0.343 e. The second kappa shape index (κ2) is 9.00. The lowest BCUT2D eigenvalue weighted by Crippen LogP contribution is -2.16. The van der Waals surface area contributed by atoms with Crippen molar-refractivity contribution >= 4 is 28.5 Å². The number of aryl methyl sites for hydroxylation is 2. The quantitative estimate of drug-likeness (QED) is 0.339. The van der Waals surface area contributed by atoms with Crippen LogP contribution in [-0.4, -0.2) is 20.2 Å². The van der Waals surface area contributed by atoms with Crippen LogP contribution in [0.1, 0.15) is 21.5 Å². The van der Waals surface area contributed by atoms with Gasteiger partial charge in [-0.3, -0.25) is 4.79 Å². The molecule has 4 aromatic rings. The first kappa shape index (κ1) is 22.4. The van der Waals surface area contributed by atoms with E-state index in [4.69, 9.17) is 30.2 Å². The number of benzene rings is 3. The third-order valence-corrected chi connectivity index (χ3v) is 5.66. The Balaban J connectivity index is 1.88. The Morgan fingerprint density at radius 1 is 0.909 bits per heavy atom. The van der Waals surface area contributed by atoms with Gasteiger partial charge in [-0.25, -0.2) is 4.79 Å². The Morgan fingerprint density at radius 2 is 1.61 bits per heavy atom. The summed E-state index contributed by atoms with van der Waals surface area (Å²) in [5.74, 6) is 0.0198. The molecule has 0 bridgehead atoms. The van der Waals surface area contributed by atoms with Gasteiger partial charge in [-0.05, 0) is 49.7 Å². The number of carbonyl (C=O) groups is 1. The standard InChI is InChI=1S/C26H21ClO6/c1-14-5-7-16(8-6-14)24-25(23(28)18-13-19(27)15(2)11-21(18)32-24)33-26(29)17-9-10-20(30-3)22(12-17)31-4/h5-13H,1-4H3. The molecule has 33 heavy (non-hydrogen) atoms. The number of carbonyl (C=O) groups excluding carboxylic acids is 1. The predicted molar refractivity (Wildman–Crippen MR) is 127 cm³/mol. The second-order valence-electron chi connectivity index (χ2n) is 7.51. The highest BCUT2D eigenvalue weighted by atomic mass is 35.5. The molecule has 0 spiro atoms. The molecule has 7 heteroatoms. The van der Waals surface area contributed by atoms with E-state index in [2.05, 4.69) is 0 Å². The van der Waals surface area contributed by atoms with Crippen molar-refractivity contribution in [1.29, 1.82) is 0 Å². The third kappa shape index (κ3) is 4.30. The zero-order valence-corrected chi connectivity index (χ0v) is 19.3. The second-order valence-corrected chi connectivity index (χ2v) is 7.92. The maximum absolute atomic E-state index is 13.4. The number of hydrogen-bond acceptors (Lipinski definition) is 6. The topological polar surface area (TPSA) is 75.0 Å². The molecule has 168 valence electrons. The lowest BCUT2D eigenvalue weighted by atomic mass is 10.1. The zero-order valence-electron chi connectivity index (χ0n) is 18.5. The molecule has 0 aliphatic heterocycles. The highest BCUT2D eigenvalue weighted by Gasteiger charge is 2.23. The zero-order chi connectivity index (χ0) is 23.7. The molecule has 3 aromatic carbocycles. The molecule has 0 saturated heterocycles. The molecule has 1 aromatic heterocycles. The van der Waals surface area contributed by atoms with Crippen LogP contribution in [0.3, 0.4) is 0 Å². The lowest BCUT2D eigenvalue weighted by Gasteiger charge is -2.13. The van der Waals surface area contributed by atoms with Gasteiger partial charge in [0.05, 0.1) is 25.2 Å². The minimum absolute atomic E-state index is 0.156. The summed E-state index contributed by atoms with van der Waals surface area (Å²) in [5, 5.41) is 0.631. The van der Waals surface area contributed by atoms with Gasteiger partial charge in [0.2, 0.25) is 11.2 Å². The molecule has 0 aliphatic carbocycles. The van der Waals surface area contributed by atoms with E-state index in [0.717, 1.165) is 11.1 Å². The first-order valence-electron chi connectivity index (χ1n) is 10.1. The van der Waals surface area contributed by atoms with E-state index in [0.29, 0.717) is 27.7 Å². The third-order valence-electron chi connectivity index (χ3n) is 5.26. The fourth-order valence-electron chi connectivity index (χ4n) is 3.40. The Labute approximate surface area is 195 Å². The summed E-state index contributed by atoms with van der Waals surface area (Å²) in [6.07, 6.45) is 0. The molecule has 0 fully saturated rings. The minimum Gasteiger partial charge on any atom is -0.493 e. The Morgan fingerprint density at radius 3 is 2.27 bits per heavy atom. The summed E-state index contributed by atoms with van der Waals surface area (Å²) in [7, 11) is 2.96. The summed E-state index contributed by atoms with van der Waals surface area (Å²) in [5.41, 5.74) is 2.43. The van der Waals surface area contributed by atoms with Crippen molar-refractivity contribution in [2.24, 2.45) is 0 Å². The van der Waals surface area contributed by atoms with E-state index in [1.54, 1.807) is 24.3 Å². The van der Waals surface area contributed by atoms with Crippen molar-refractivity contribution in [2.75, 3.05) is 14.2 Å². The Kier molecular flexibility index (Phi) is 6.11. The first-order valence-corrected chi connectivity index (χ1v) is 10.5. The molecule has 0 saturated carbocycles. The van der Waals surface area contributed by atoms with Gasteiger partial charge in [-0.1, -0.05) is 41.4 Å². The van der Waals surface area contributed by atoms with Crippen LogP contribution in [-0.2, 0) is 0 Å². The summed E-state index contributed by atoms with van der Waals surface area (Å²) in [4.78, 5) is 26.4. The van der Waals surface area contributed by atoms with Gasteiger partial charge in [-0.2, -0.15) is 0 Å². The largest absolute Gasteiger partial charge is 0.493 e. The number of hydrogen-bond donors (Lipinski definition) is 0. The molecule has 0 aliphatic rings. The molecular weight excluding hydrogens is 444 g/mol. The van der Waals surface area contributed by atoms with Crippen molar-refractivity contribution in [1.82, 2.24) is 0 Å². The maximum atomic E-state index is 13.4. The van der Waals surface area contributed by atoms with E-state index in [1.165, 1.54) is 32.4 Å². The van der Waals surface area contributed by atoms with Crippen LogP contribution in [0.2, 0.25) is 5.02 Å². The lowest BCUT2D eigenvalue weighted by molar-refractivity contribution is 0.0731. The molecule has 0 N–H and O–H groups in total. The van der Waals surface area contributed by atoms with Gasteiger partial charge in [0.1, 0.15) is 5.58 Å². The van der Waals surface area contributed by atoms with E-state index in [-0.39, 0.29) is 22.5 Å². The van der Waals surface area contributed by atoms with E-state index < -0.39 is 11.4 Å². The average molecular weight is 465 g/mol. The first-order chi connectivity index (χ1) is 15.8. The highest BCUT2D eigenvalue weighted by molar-refractivity contribution is 6.32. The summed E-state index contributed by atoms with van der Waals surface area (Å²) in [6, 6.07) is 15.2. The molecular formula is C26H21ClO6. The molecule has 0 amide bonds. The minimum atomic E-state index is -0.742. The molecule has 6 nitrogen and oxygen atoms in total. The number of fused-ring (bicyclic) bond motifs is 1. The highest BCUT2D eigenvalue weighted by Crippen LogP contribution is 2.34. The monoisotopic (exact) mass is 464 g/mol. The Bertz CT molecular complexity index is 1420. The van der Waals surface area contributed by atoms with Crippen LogP contribution < -0.4 is 19.6 Å². The summed E-state index contributed by atoms with van der Waals surface area (Å²) < 4.78 is 22.2. The number of methoxy groups -OCH3 is 2. The van der Waals surface area contributed by atoms with Crippen LogP contribution in [0.15, 0.2) is 63.8 Å². The van der Waals surface area contributed by atoms with Crippen molar-refractivity contribution < 1.29 is 23.4 Å². The van der Waals surface area contributed by atoms with Crippen LogP contribution in [0.4, 0.5) is 0 Å². The van der Waals surface area contributed by atoms with Crippen LogP contribution in [0.5, 0.6) is 17.2 Å². The van der Waals surface area contributed by atoms with E-state index in [1.807, 2.05) is 26.0 Å². The average Bonchev–Trinajstić information content (AvgIpc) is 2.82. The fraction of sp³-hybridized carbons (Fsp3) is 0.154. The van der Waals surface area contributed by atoms with Gasteiger partial charge >= 0.3 is 5.97 Å². The van der Waals surface area contributed by atoms with Crippen LogP contribution in [0, 0.1) is 13.8 Å². The number of esters is 1. The van der Waals surface area contributed by atoms with Gasteiger partial charge in [-0.15, -0.1) is 0 Å². The molecule has 0 radical (unpaired) electrons. The van der Waals surface area contributed by atoms with Crippen molar-refractivity contribution in [2.45, 2.75) is 13.8 Å². The van der Waals surface area contributed by atoms with Gasteiger partial charge in [0.15, 0.2) is 17.3 Å². The van der Waals surface area contributed by atoms with E-state index >= 15 is 0 Å². The van der Waals surface area contributed by atoms with Crippen molar-refractivity contribution in [3.05, 3.63) is 86.5 Å². The SMILES string of the molecule is COc1ccc(C(=O)Oc2c(-c3ccc(C)cc3)oc3cc(C)c(Cl)cc3c2=O)cc1OC. The number of rotatable bonds is 5. The predicted octanol–water partition coefficient (Wildman–Crippen LogP) is 5.97.